The van der Waals surface area contributed by atoms with E-state index in [1.54, 1.807) is 22.8 Å². The number of likely N-dealkylation sites (tertiary alicyclic amines) is 1. The van der Waals surface area contributed by atoms with E-state index in [1.165, 1.54) is 12.5 Å². The molecule has 0 unspecified atom stereocenters. The minimum Gasteiger partial charge on any atom is -0.472 e. The van der Waals surface area contributed by atoms with Crippen LogP contribution in [-0.2, 0) is 14.3 Å². The van der Waals surface area contributed by atoms with Gasteiger partial charge in [-0.15, -0.1) is 0 Å². The lowest BCUT2D eigenvalue weighted by molar-refractivity contribution is -0.151. The van der Waals surface area contributed by atoms with Gasteiger partial charge in [0.25, 0.3) is 5.91 Å². The van der Waals surface area contributed by atoms with Crippen molar-refractivity contribution < 1.29 is 23.5 Å². The number of nitrogens with zero attached hydrogens (tertiary/aromatic N) is 2. The Balaban J connectivity index is 1.78. The predicted molar refractivity (Wildman–Crippen MR) is 90.8 cm³/mol. The summed E-state index contributed by atoms with van der Waals surface area (Å²) in [6, 6.07) is 1.62. The maximum Gasteiger partial charge on any atom is 0.309 e. The van der Waals surface area contributed by atoms with Crippen LogP contribution in [0.4, 0.5) is 0 Å². The molecule has 7 heteroatoms. The summed E-state index contributed by atoms with van der Waals surface area (Å²) < 4.78 is 9.98. The number of hydrogen-bond acceptors (Lipinski definition) is 5. The summed E-state index contributed by atoms with van der Waals surface area (Å²) in [5.74, 6) is -0.401. The van der Waals surface area contributed by atoms with Gasteiger partial charge in [-0.2, -0.15) is 0 Å². The highest BCUT2D eigenvalue weighted by atomic mass is 16.5. The summed E-state index contributed by atoms with van der Waals surface area (Å²) in [6.45, 7) is 6.08. The van der Waals surface area contributed by atoms with Gasteiger partial charge >= 0.3 is 5.97 Å². The fraction of sp³-hybridized carbons (Fsp3) is 0.611. The van der Waals surface area contributed by atoms with Gasteiger partial charge in [-0.25, -0.2) is 0 Å². The molecule has 2 rings (SSSR count). The van der Waals surface area contributed by atoms with Gasteiger partial charge in [0.2, 0.25) is 5.91 Å². The number of furan rings is 1. The lowest BCUT2D eigenvalue weighted by Gasteiger charge is -2.31. The SMILES string of the molecule is CCOC(=O)C1CCN(C(=O)CCN(CC)C(=O)c2ccoc2)CC1. The zero-order chi connectivity index (χ0) is 18.2. The Hall–Kier alpha value is -2.31. The number of carbonyl (C=O) groups excluding carboxylic acids is 3. The second-order valence-corrected chi connectivity index (χ2v) is 6.05. The second kappa shape index (κ2) is 9.25. The van der Waals surface area contributed by atoms with Crippen LogP contribution in [0.2, 0.25) is 0 Å². The molecule has 0 N–H and O–H groups in total. The minimum absolute atomic E-state index is 0.0146. The van der Waals surface area contributed by atoms with Crippen molar-refractivity contribution in [1.29, 1.82) is 0 Å². The zero-order valence-corrected chi connectivity index (χ0v) is 14.9. The fourth-order valence-corrected chi connectivity index (χ4v) is 2.99. The van der Waals surface area contributed by atoms with Crippen LogP contribution in [0.25, 0.3) is 0 Å². The van der Waals surface area contributed by atoms with Gasteiger partial charge in [-0.3, -0.25) is 14.4 Å². The Morgan fingerprint density at radius 3 is 2.56 bits per heavy atom. The number of amides is 2. The topological polar surface area (TPSA) is 80.1 Å². The number of hydrogen-bond donors (Lipinski definition) is 0. The molecule has 0 atom stereocenters. The highest BCUT2D eigenvalue weighted by Gasteiger charge is 2.28. The molecular formula is C18H26N2O5. The number of ether oxygens (including phenoxy) is 1. The van der Waals surface area contributed by atoms with E-state index in [2.05, 4.69) is 0 Å². The molecule has 1 aliphatic heterocycles. The van der Waals surface area contributed by atoms with Gasteiger partial charge in [-0.1, -0.05) is 0 Å². The third-order valence-electron chi connectivity index (χ3n) is 4.50. The summed E-state index contributed by atoms with van der Waals surface area (Å²) in [4.78, 5) is 39.8. The molecular weight excluding hydrogens is 324 g/mol. The third-order valence-corrected chi connectivity index (χ3v) is 4.50. The molecule has 1 aromatic rings. The van der Waals surface area contributed by atoms with E-state index in [0.29, 0.717) is 51.2 Å². The quantitative estimate of drug-likeness (QED) is 0.702. The molecule has 1 saturated heterocycles. The lowest BCUT2D eigenvalue weighted by atomic mass is 9.97. The third kappa shape index (κ3) is 5.08. The van der Waals surface area contributed by atoms with Crippen molar-refractivity contribution in [2.75, 3.05) is 32.8 Å². The van der Waals surface area contributed by atoms with Gasteiger partial charge in [0.15, 0.2) is 0 Å². The largest absolute Gasteiger partial charge is 0.472 e. The first kappa shape index (κ1) is 19.0. The molecule has 0 bridgehead atoms. The van der Waals surface area contributed by atoms with E-state index >= 15 is 0 Å². The second-order valence-electron chi connectivity index (χ2n) is 6.05. The Morgan fingerprint density at radius 1 is 1.28 bits per heavy atom. The molecule has 7 nitrogen and oxygen atoms in total. The van der Waals surface area contributed by atoms with Crippen molar-refractivity contribution >= 4 is 17.8 Å². The average Bonchev–Trinajstić information content (AvgIpc) is 3.17. The van der Waals surface area contributed by atoms with Crippen LogP contribution in [0.1, 0.15) is 43.5 Å². The Kier molecular flexibility index (Phi) is 7.03. The first-order chi connectivity index (χ1) is 12.1. The Labute approximate surface area is 147 Å². The van der Waals surface area contributed by atoms with Crippen molar-refractivity contribution in [2.45, 2.75) is 33.1 Å². The van der Waals surface area contributed by atoms with E-state index < -0.39 is 0 Å². The van der Waals surface area contributed by atoms with E-state index in [1.807, 2.05) is 6.92 Å². The first-order valence-electron chi connectivity index (χ1n) is 8.82. The van der Waals surface area contributed by atoms with Crippen molar-refractivity contribution in [3.8, 4) is 0 Å². The highest BCUT2D eigenvalue weighted by molar-refractivity contribution is 5.94. The predicted octanol–water partition coefficient (Wildman–Crippen LogP) is 1.93. The highest BCUT2D eigenvalue weighted by Crippen LogP contribution is 2.19. The van der Waals surface area contributed by atoms with Crippen LogP contribution in [0, 0.1) is 5.92 Å². The Morgan fingerprint density at radius 2 is 2.00 bits per heavy atom. The molecule has 1 aromatic heterocycles. The molecule has 1 aliphatic rings. The summed E-state index contributed by atoms with van der Waals surface area (Å²) in [7, 11) is 0. The summed E-state index contributed by atoms with van der Waals surface area (Å²) in [6.07, 6.45) is 4.42. The number of rotatable bonds is 7. The van der Waals surface area contributed by atoms with E-state index in [9.17, 15) is 14.4 Å². The summed E-state index contributed by atoms with van der Waals surface area (Å²) >= 11 is 0. The van der Waals surface area contributed by atoms with Crippen molar-refractivity contribution in [3.63, 3.8) is 0 Å². The maximum absolute atomic E-state index is 12.4. The van der Waals surface area contributed by atoms with Crippen molar-refractivity contribution in [2.24, 2.45) is 5.92 Å². The lowest BCUT2D eigenvalue weighted by Crippen LogP contribution is -2.42. The molecule has 138 valence electrons. The van der Waals surface area contributed by atoms with Gasteiger partial charge in [0.05, 0.1) is 24.4 Å². The molecule has 0 spiro atoms. The normalized spacial score (nSPS) is 15.0. The van der Waals surface area contributed by atoms with Crippen LogP contribution >= 0.6 is 0 Å². The number of piperidine rings is 1. The van der Waals surface area contributed by atoms with Crippen molar-refractivity contribution in [1.82, 2.24) is 9.80 Å². The molecule has 0 aromatic carbocycles. The van der Waals surface area contributed by atoms with E-state index in [0.717, 1.165) is 0 Å². The average molecular weight is 350 g/mol. The number of carbonyl (C=O) groups is 3. The van der Waals surface area contributed by atoms with E-state index in [4.69, 9.17) is 9.15 Å². The molecule has 2 heterocycles. The van der Waals surface area contributed by atoms with Crippen LogP contribution in [0.5, 0.6) is 0 Å². The smallest absolute Gasteiger partial charge is 0.309 e. The molecule has 0 saturated carbocycles. The summed E-state index contributed by atoms with van der Waals surface area (Å²) in [5, 5.41) is 0. The Bertz CT molecular complexity index is 576. The first-order valence-corrected chi connectivity index (χ1v) is 8.82. The van der Waals surface area contributed by atoms with Gasteiger partial charge in [0.1, 0.15) is 6.26 Å². The van der Waals surface area contributed by atoms with Crippen LogP contribution in [0.15, 0.2) is 23.0 Å². The zero-order valence-electron chi connectivity index (χ0n) is 14.9. The van der Waals surface area contributed by atoms with Crippen LogP contribution in [0.3, 0.4) is 0 Å². The monoisotopic (exact) mass is 350 g/mol. The van der Waals surface area contributed by atoms with Gasteiger partial charge in [0, 0.05) is 32.6 Å². The standard InChI is InChI=1S/C18H26N2O5/c1-3-19(17(22)15-8-12-24-13-15)11-7-16(21)20-9-5-14(6-10-20)18(23)25-4-2/h8,12-14H,3-7,9-11H2,1-2H3. The minimum atomic E-state index is -0.169. The molecule has 0 radical (unpaired) electrons. The molecule has 0 aliphatic carbocycles. The molecule has 1 fully saturated rings. The van der Waals surface area contributed by atoms with Gasteiger partial charge < -0.3 is 19.0 Å². The maximum atomic E-state index is 12.4. The molecule has 2 amide bonds. The fourth-order valence-electron chi connectivity index (χ4n) is 2.99. The van der Waals surface area contributed by atoms with Crippen LogP contribution < -0.4 is 0 Å². The molecule has 25 heavy (non-hydrogen) atoms. The summed E-state index contributed by atoms with van der Waals surface area (Å²) in [5.41, 5.74) is 0.490. The number of esters is 1. The van der Waals surface area contributed by atoms with Crippen LogP contribution in [-0.4, -0.2) is 60.4 Å². The van der Waals surface area contributed by atoms with Gasteiger partial charge in [-0.05, 0) is 32.8 Å². The van der Waals surface area contributed by atoms with Crippen molar-refractivity contribution in [3.05, 3.63) is 24.2 Å². The van der Waals surface area contributed by atoms with E-state index in [-0.39, 0.29) is 30.1 Å².